The Kier molecular flexibility index (Phi) is 4.76. The zero-order valence-electron chi connectivity index (χ0n) is 19.6. The molecule has 5 nitrogen and oxygen atoms in total. The maximum Gasteiger partial charge on any atom is 0.225 e. The van der Waals surface area contributed by atoms with E-state index >= 15 is 0 Å². The van der Waals surface area contributed by atoms with E-state index in [1.807, 2.05) is 18.2 Å². The van der Waals surface area contributed by atoms with Crippen molar-refractivity contribution in [2.45, 2.75) is 25.8 Å². The molecule has 3 heterocycles. The van der Waals surface area contributed by atoms with Gasteiger partial charge in [0, 0.05) is 36.5 Å². The van der Waals surface area contributed by atoms with Crippen molar-refractivity contribution in [3.8, 4) is 22.5 Å². The molecule has 1 saturated heterocycles. The number of hydrogen-bond acceptors (Lipinski definition) is 3. The quantitative estimate of drug-likeness (QED) is 0.305. The third-order valence-electron chi connectivity index (χ3n) is 7.55. The standard InChI is InChI=1S/C30H27N3O2/c34-30(23-9-10-23)32-15-13-20(18-32)19-33-27-4-2-1-3-26(27)31-29(33)22-7-5-21(6-8-22)24-11-12-28-25(17-24)14-16-35-28/h1-8,11-12,14,16-17,20,23H,9-10,13,15,18-19H2/t20-/m1/s1. The van der Waals surface area contributed by atoms with Crippen LogP contribution in [0.15, 0.2) is 83.5 Å². The van der Waals surface area contributed by atoms with Crippen LogP contribution in [0.5, 0.6) is 0 Å². The molecule has 0 bridgehead atoms. The Morgan fingerprint density at radius 2 is 1.71 bits per heavy atom. The molecule has 2 aliphatic rings. The Balaban J connectivity index is 1.19. The number of carbonyl (C=O) groups is 1. The van der Waals surface area contributed by atoms with Crippen molar-refractivity contribution in [3.63, 3.8) is 0 Å². The zero-order valence-corrected chi connectivity index (χ0v) is 19.6. The van der Waals surface area contributed by atoms with Crippen LogP contribution in [0.4, 0.5) is 0 Å². The number of nitrogens with zero attached hydrogens (tertiary/aromatic N) is 3. The van der Waals surface area contributed by atoms with Crippen LogP contribution in [-0.2, 0) is 11.3 Å². The number of hydrogen-bond donors (Lipinski definition) is 0. The first-order valence-electron chi connectivity index (χ1n) is 12.5. The van der Waals surface area contributed by atoms with Gasteiger partial charge in [-0.3, -0.25) is 4.79 Å². The molecule has 0 N–H and O–H groups in total. The van der Waals surface area contributed by atoms with Crippen LogP contribution in [0.25, 0.3) is 44.5 Å². The van der Waals surface area contributed by atoms with Gasteiger partial charge in [-0.25, -0.2) is 4.98 Å². The summed E-state index contributed by atoms with van der Waals surface area (Å²) in [5.41, 5.74) is 6.53. The molecule has 5 aromatic rings. The van der Waals surface area contributed by atoms with E-state index in [9.17, 15) is 4.79 Å². The van der Waals surface area contributed by atoms with Gasteiger partial charge < -0.3 is 13.9 Å². The number of likely N-dealkylation sites (tertiary alicyclic amines) is 1. The van der Waals surface area contributed by atoms with Gasteiger partial charge in [0.25, 0.3) is 0 Å². The summed E-state index contributed by atoms with van der Waals surface area (Å²) < 4.78 is 7.84. The maximum absolute atomic E-state index is 12.6. The highest BCUT2D eigenvalue weighted by Gasteiger charge is 2.36. The minimum absolute atomic E-state index is 0.297. The van der Waals surface area contributed by atoms with Crippen molar-refractivity contribution in [2.75, 3.05) is 13.1 Å². The molecule has 7 rings (SSSR count). The van der Waals surface area contributed by atoms with Crippen LogP contribution < -0.4 is 0 Å². The Morgan fingerprint density at radius 3 is 2.57 bits per heavy atom. The van der Waals surface area contributed by atoms with Crippen molar-refractivity contribution < 1.29 is 9.21 Å². The fraction of sp³-hybridized carbons (Fsp3) is 0.267. The smallest absolute Gasteiger partial charge is 0.225 e. The molecule has 5 heteroatoms. The molecule has 0 radical (unpaired) electrons. The number of rotatable bonds is 5. The summed E-state index contributed by atoms with van der Waals surface area (Å²) in [6, 6.07) is 25.3. The van der Waals surface area contributed by atoms with E-state index in [0.29, 0.717) is 17.7 Å². The van der Waals surface area contributed by atoms with E-state index in [-0.39, 0.29) is 0 Å². The van der Waals surface area contributed by atoms with E-state index in [1.165, 1.54) is 11.1 Å². The summed E-state index contributed by atoms with van der Waals surface area (Å²) in [5, 5.41) is 1.11. The largest absolute Gasteiger partial charge is 0.464 e. The normalized spacial score (nSPS) is 18.1. The summed E-state index contributed by atoms with van der Waals surface area (Å²) >= 11 is 0. The molecule has 3 aromatic carbocycles. The lowest BCUT2D eigenvalue weighted by Crippen LogP contribution is -2.30. The number of imidazole rings is 1. The maximum atomic E-state index is 12.6. The number of amides is 1. The summed E-state index contributed by atoms with van der Waals surface area (Å²) in [7, 11) is 0. The molecule has 1 atom stereocenters. The molecule has 1 amide bonds. The van der Waals surface area contributed by atoms with Crippen LogP contribution in [0, 0.1) is 11.8 Å². The van der Waals surface area contributed by atoms with E-state index < -0.39 is 0 Å². The highest BCUT2D eigenvalue weighted by Crippen LogP contribution is 2.34. The molecule has 35 heavy (non-hydrogen) atoms. The van der Waals surface area contributed by atoms with Gasteiger partial charge in [-0.1, -0.05) is 42.5 Å². The molecule has 0 unspecified atom stereocenters. The molecule has 174 valence electrons. The minimum atomic E-state index is 0.297. The van der Waals surface area contributed by atoms with Crippen LogP contribution in [-0.4, -0.2) is 33.4 Å². The molecule has 1 saturated carbocycles. The van der Waals surface area contributed by atoms with Gasteiger partial charge in [0.2, 0.25) is 5.91 Å². The highest BCUT2D eigenvalue weighted by atomic mass is 16.3. The molecular weight excluding hydrogens is 434 g/mol. The van der Waals surface area contributed by atoms with Gasteiger partial charge in [-0.2, -0.15) is 0 Å². The van der Waals surface area contributed by atoms with Crippen molar-refractivity contribution in [1.29, 1.82) is 0 Å². The third kappa shape index (κ3) is 3.72. The van der Waals surface area contributed by atoms with Gasteiger partial charge in [-0.15, -0.1) is 0 Å². The lowest BCUT2D eigenvalue weighted by Gasteiger charge is -2.18. The molecular formula is C30H27N3O2. The Labute approximate surface area is 204 Å². The second-order valence-electron chi connectivity index (χ2n) is 10.00. The molecule has 2 aromatic heterocycles. The Bertz CT molecular complexity index is 1540. The minimum Gasteiger partial charge on any atom is -0.464 e. The van der Waals surface area contributed by atoms with Crippen molar-refractivity contribution >= 4 is 27.9 Å². The fourth-order valence-corrected chi connectivity index (χ4v) is 5.47. The van der Waals surface area contributed by atoms with Crippen LogP contribution in [0.3, 0.4) is 0 Å². The van der Waals surface area contributed by atoms with Gasteiger partial charge in [-0.05, 0) is 66.6 Å². The third-order valence-corrected chi connectivity index (χ3v) is 7.55. The molecule has 2 fully saturated rings. The Hall–Kier alpha value is -3.86. The van der Waals surface area contributed by atoms with Crippen LogP contribution >= 0.6 is 0 Å². The van der Waals surface area contributed by atoms with E-state index in [2.05, 4.69) is 64.1 Å². The molecule has 0 spiro atoms. The molecule has 1 aliphatic carbocycles. The van der Waals surface area contributed by atoms with Gasteiger partial charge in [0.15, 0.2) is 0 Å². The van der Waals surface area contributed by atoms with Gasteiger partial charge in [0.1, 0.15) is 11.4 Å². The van der Waals surface area contributed by atoms with Gasteiger partial charge in [0.05, 0.1) is 17.3 Å². The fourth-order valence-electron chi connectivity index (χ4n) is 5.47. The first kappa shape index (κ1) is 20.5. The topological polar surface area (TPSA) is 51.3 Å². The summed E-state index contributed by atoms with van der Waals surface area (Å²) in [6.07, 6.45) is 4.93. The first-order valence-corrected chi connectivity index (χ1v) is 12.5. The number of carbonyl (C=O) groups excluding carboxylic acids is 1. The number of aromatic nitrogens is 2. The second-order valence-corrected chi connectivity index (χ2v) is 10.00. The van der Waals surface area contributed by atoms with Gasteiger partial charge >= 0.3 is 0 Å². The zero-order chi connectivity index (χ0) is 23.4. The average Bonchev–Trinajstić information content (AvgIpc) is 3.30. The summed E-state index contributed by atoms with van der Waals surface area (Å²) in [5.74, 6) is 2.11. The monoisotopic (exact) mass is 461 g/mol. The highest BCUT2D eigenvalue weighted by molar-refractivity contribution is 5.85. The summed E-state index contributed by atoms with van der Waals surface area (Å²) in [4.78, 5) is 19.7. The SMILES string of the molecule is O=C(C1CC1)N1CC[C@@H](Cn2c(-c3ccc(-c4ccc5occc5c4)cc3)nc3ccccc32)C1. The average molecular weight is 462 g/mol. The molecule has 1 aliphatic heterocycles. The van der Waals surface area contributed by atoms with E-state index in [0.717, 1.165) is 72.3 Å². The lowest BCUT2D eigenvalue weighted by atomic mass is 10.0. The second kappa shape index (κ2) is 8.12. The van der Waals surface area contributed by atoms with E-state index in [4.69, 9.17) is 9.40 Å². The number of para-hydroxylation sites is 2. The predicted molar refractivity (Wildman–Crippen MR) is 138 cm³/mol. The van der Waals surface area contributed by atoms with Crippen molar-refractivity contribution in [3.05, 3.63) is 79.1 Å². The van der Waals surface area contributed by atoms with E-state index in [1.54, 1.807) is 6.26 Å². The van der Waals surface area contributed by atoms with Crippen molar-refractivity contribution in [1.82, 2.24) is 14.5 Å². The summed E-state index contributed by atoms with van der Waals surface area (Å²) in [6.45, 7) is 2.62. The Morgan fingerprint density at radius 1 is 0.914 bits per heavy atom. The number of benzene rings is 3. The van der Waals surface area contributed by atoms with Crippen LogP contribution in [0.2, 0.25) is 0 Å². The number of fused-ring (bicyclic) bond motifs is 2. The number of furan rings is 1. The first-order chi connectivity index (χ1) is 17.2. The predicted octanol–water partition coefficient (Wildman–Crippen LogP) is 6.38. The lowest BCUT2D eigenvalue weighted by molar-refractivity contribution is -0.131. The van der Waals surface area contributed by atoms with Crippen molar-refractivity contribution in [2.24, 2.45) is 11.8 Å². The van der Waals surface area contributed by atoms with Crippen LogP contribution in [0.1, 0.15) is 19.3 Å².